The molecule has 0 bridgehead atoms. The Kier molecular flexibility index (Phi) is 5.88. The summed E-state index contributed by atoms with van der Waals surface area (Å²) in [7, 11) is 1.74. The van der Waals surface area contributed by atoms with Crippen molar-refractivity contribution < 1.29 is 14.3 Å². The number of piperidine rings is 1. The largest absolute Gasteiger partial charge is 0.484 e. The van der Waals surface area contributed by atoms with Gasteiger partial charge in [-0.1, -0.05) is 0 Å². The summed E-state index contributed by atoms with van der Waals surface area (Å²) in [6.07, 6.45) is 4.98. The van der Waals surface area contributed by atoms with E-state index in [1.807, 2.05) is 11.0 Å². The molecule has 7 heteroatoms. The van der Waals surface area contributed by atoms with E-state index in [9.17, 15) is 9.59 Å². The Morgan fingerprint density at radius 3 is 2.54 bits per heavy atom. The number of ether oxygens (including phenoxy) is 1. The van der Waals surface area contributed by atoms with E-state index in [0.29, 0.717) is 17.9 Å². The van der Waals surface area contributed by atoms with Crippen LogP contribution in [0.5, 0.6) is 5.75 Å². The number of nitrogens with one attached hydrogen (secondary N) is 1. The highest BCUT2D eigenvalue weighted by Gasteiger charge is 2.17. The number of likely N-dealkylation sites (tertiary alicyclic amines) is 1. The van der Waals surface area contributed by atoms with Gasteiger partial charge in [0.25, 0.3) is 11.8 Å². The Bertz CT molecular complexity index is 722. The number of carbonyl (C=O) groups is 2. The molecule has 2 heterocycles. The van der Waals surface area contributed by atoms with Crippen LogP contribution < -0.4 is 4.74 Å². The van der Waals surface area contributed by atoms with Crippen LogP contribution in [-0.4, -0.2) is 58.6 Å². The number of carbonyl (C=O) groups excluding carboxylic acids is 2. The zero-order chi connectivity index (χ0) is 18.4. The fourth-order valence-corrected chi connectivity index (χ4v) is 2.99. The molecule has 1 saturated heterocycles. The van der Waals surface area contributed by atoms with Crippen molar-refractivity contribution in [1.82, 2.24) is 20.0 Å². The molecule has 1 fully saturated rings. The Balaban J connectivity index is 1.51. The molecule has 1 aromatic heterocycles. The molecule has 1 N–H and O–H groups in total. The molecular weight excluding hydrogens is 332 g/mol. The summed E-state index contributed by atoms with van der Waals surface area (Å²) in [6, 6.07) is 8.71. The van der Waals surface area contributed by atoms with Gasteiger partial charge in [0.1, 0.15) is 5.75 Å². The van der Waals surface area contributed by atoms with Crippen molar-refractivity contribution in [2.45, 2.75) is 25.8 Å². The van der Waals surface area contributed by atoms with Gasteiger partial charge in [-0.15, -0.1) is 0 Å². The average Bonchev–Trinajstić information content (AvgIpc) is 3.19. The molecule has 0 radical (unpaired) electrons. The summed E-state index contributed by atoms with van der Waals surface area (Å²) in [5.74, 6) is 0.516. The van der Waals surface area contributed by atoms with Crippen LogP contribution in [0.15, 0.2) is 36.5 Å². The molecule has 0 spiro atoms. The fourth-order valence-electron chi connectivity index (χ4n) is 2.99. The topological polar surface area (TPSA) is 78.5 Å². The number of hydrogen-bond acceptors (Lipinski definition) is 4. The van der Waals surface area contributed by atoms with Gasteiger partial charge in [0.2, 0.25) is 0 Å². The highest BCUT2D eigenvalue weighted by atomic mass is 16.5. The van der Waals surface area contributed by atoms with E-state index in [4.69, 9.17) is 4.74 Å². The standard InChI is InChI=1S/C19H24N4O3/c1-22(13-16-9-10-20-21-16)19(25)15-5-7-17(8-6-15)26-14-18(24)23-11-3-2-4-12-23/h5-10H,2-4,11-14H2,1H3,(H,20,21). The van der Waals surface area contributed by atoms with E-state index in [1.165, 1.54) is 6.42 Å². The van der Waals surface area contributed by atoms with Crippen molar-refractivity contribution >= 4 is 11.8 Å². The molecule has 1 aliphatic heterocycles. The van der Waals surface area contributed by atoms with Gasteiger partial charge in [0, 0.05) is 31.9 Å². The minimum Gasteiger partial charge on any atom is -0.484 e. The van der Waals surface area contributed by atoms with Crippen molar-refractivity contribution in [2.75, 3.05) is 26.7 Å². The molecular formula is C19H24N4O3. The number of H-pyrrole nitrogens is 1. The smallest absolute Gasteiger partial charge is 0.260 e. The van der Waals surface area contributed by atoms with E-state index in [0.717, 1.165) is 31.6 Å². The molecule has 2 amide bonds. The Hall–Kier alpha value is -2.83. The van der Waals surface area contributed by atoms with Crippen molar-refractivity contribution in [3.05, 3.63) is 47.8 Å². The number of nitrogens with zero attached hydrogens (tertiary/aromatic N) is 3. The number of aromatic nitrogens is 2. The first-order valence-electron chi connectivity index (χ1n) is 8.88. The first-order chi connectivity index (χ1) is 12.6. The number of amides is 2. The van der Waals surface area contributed by atoms with Crippen LogP contribution in [0.4, 0.5) is 0 Å². The molecule has 26 heavy (non-hydrogen) atoms. The van der Waals surface area contributed by atoms with E-state index < -0.39 is 0 Å². The Morgan fingerprint density at radius 1 is 1.15 bits per heavy atom. The molecule has 3 rings (SSSR count). The maximum atomic E-state index is 12.4. The Morgan fingerprint density at radius 2 is 1.88 bits per heavy atom. The second kappa shape index (κ2) is 8.51. The average molecular weight is 356 g/mol. The van der Waals surface area contributed by atoms with Gasteiger partial charge in [0.15, 0.2) is 6.61 Å². The van der Waals surface area contributed by atoms with Crippen LogP contribution in [0.2, 0.25) is 0 Å². The van der Waals surface area contributed by atoms with Crippen LogP contribution in [0.25, 0.3) is 0 Å². The molecule has 2 aromatic rings. The van der Waals surface area contributed by atoms with Crippen LogP contribution >= 0.6 is 0 Å². The van der Waals surface area contributed by atoms with Gasteiger partial charge >= 0.3 is 0 Å². The number of rotatable bonds is 6. The van der Waals surface area contributed by atoms with Crippen molar-refractivity contribution in [2.24, 2.45) is 0 Å². The molecule has 0 saturated carbocycles. The predicted octanol–water partition coefficient (Wildman–Crippen LogP) is 2.07. The third-order valence-electron chi connectivity index (χ3n) is 4.48. The van der Waals surface area contributed by atoms with E-state index in [1.54, 1.807) is 42.4 Å². The molecule has 7 nitrogen and oxygen atoms in total. The normalized spacial score (nSPS) is 14.1. The van der Waals surface area contributed by atoms with Crippen LogP contribution in [-0.2, 0) is 11.3 Å². The SMILES string of the molecule is CN(Cc1ccn[nH]1)C(=O)c1ccc(OCC(=O)N2CCCCC2)cc1. The lowest BCUT2D eigenvalue weighted by atomic mass is 10.1. The number of benzene rings is 1. The molecule has 1 aromatic carbocycles. The quantitative estimate of drug-likeness (QED) is 0.859. The third kappa shape index (κ3) is 4.62. The molecule has 0 unspecified atom stereocenters. The van der Waals surface area contributed by atoms with Gasteiger partial charge in [-0.25, -0.2) is 0 Å². The van der Waals surface area contributed by atoms with Crippen molar-refractivity contribution in [3.63, 3.8) is 0 Å². The summed E-state index contributed by atoms with van der Waals surface area (Å²) in [6.45, 7) is 2.13. The lowest BCUT2D eigenvalue weighted by molar-refractivity contribution is -0.134. The second-order valence-electron chi connectivity index (χ2n) is 6.50. The highest BCUT2D eigenvalue weighted by Crippen LogP contribution is 2.15. The van der Waals surface area contributed by atoms with Crippen LogP contribution in [0, 0.1) is 0 Å². The van der Waals surface area contributed by atoms with Gasteiger partial charge < -0.3 is 14.5 Å². The molecule has 0 atom stereocenters. The van der Waals surface area contributed by atoms with Gasteiger partial charge in [-0.3, -0.25) is 14.7 Å². The molecule has 1 aliphatic rings. The van der Waals surface area contributed by atoms with Crippen molar-refractivity contribution in [1.29, 1.82) is 0 Å². The number of aromatic amines is 1. The molecule has 138 valence electrons. The van der Waals surface area contributed by atoms with Gasteiger partial charge in [-0.05, 0) is 49.6 Å². The minimum atomic E-state index is -0.0875. The summed E-state index contributed by atoms with van der Waals surface area (Å²) in [5, 5.41) is 6.71. The zero-order valence-electron chi connectivity index (χ0n) is 15.0. The first kappa shape index (κ1) is 18.0. The number of hydrogen-bond donors (Lipinski definition) is 1. The summed E-state index contributed by atoms with van der Waals surface area (Å²) < 4.78 is 5.57. The van der Waals surface area contributed by atoms with Gasteiger partial charge in [0.05, 0.1) is 12.2 Å². The minimum absolute atomic E-state index is 0.0177. The lowest BCUT2D eigenvalue weighted by Crippen LogP contribution is -2.38. The fraction of sp³-hybridized carbons (Fsp3) is 0.421. The Labute approximate surface area is 152 Å². The first-order valence-corrected chi connectivity index (χ1v) is 8.88. The summed E-state index contributed by atoms with van der Waals surface area (Å²) in [4.78, 5) is 28.0. The zero-order valence-corrected chi connectivity index (χ0v) is 15.0. The van der Waals surface area contributed by atoms with E-state index in [2.05, 4.69) is 10.2 Å². The summed E-state index contributed by atoms with van der Waals surface area (Å²) in [5.41, 5.74) is 1.44. The highest BCUT2D eigenvalue weighted by molar-refractivity contribution is 5.94. The van der Waals surface area contributed by atoms with Gasteiger partial charge in [-0.2, -0.15) is 5.10 Å². The summed E-state index contributed by atoms with van der Waals surface area (Å²) >= 11 is 0. The maximum Gasteiger partial charge on any atom is 0.260 e. The van der Waals surface area contributed by atoms with E-state index >= 15 is 0 Å². The van der Waals surface area contributed by atoms with Crippen molar-refractivity contribution in [3.8, 4) is 5.75 Å². The third-order valence-corrected chi connectivity index (χ3v) is 4.48. The lowest BCUT2D eigenvalue weighted by Gasteiger charge is -2.26. The van der Waals surface area contributed by atoms with E-state index in [-0.39, 0.29) is 18.4 Å². The van der Waals surface area contributed by atoms with Crippen LogP contribution in [0.3, 0.4) is 0 Å². The molecule has 0 aliphatic carbocycles. The second-order valence-corrected chi connectivity index (χ2v) is 6.50. The maximum absolute atomic E-state index is 12.4. The predicted molar refractivity (Wildman–Crippen MR) is 96.8 cm³/mol. The van der Waals surface area contributed by atoms with Crippen LogP contribution in [0.1, 0.15) is 35.3 Å². The monoisotopic (exact) mass is 356 g/mol.